The first-order valence-electron chi connectivity index (χ1n) is 6.73. The molecule has 1 aromatic heterocycles. The maximum Gasteiger partial charge on any atom is 0.109 e. The van der Waals surface area contributed by atoms with Gasteiger partial charge in [0.2, 0.25) is 0 Å². The zero-order chi connectivity index (χ0) is 13.1. The van der Waals surface area contributed by atoms with Crippen LogP contribution in [0.1, 0.15) is 37.5 Å². The van der Waals surface area contributed by atoms with E-state index >= 15 is 0 Å². The average molecular weight is 269 g/mol. The number of imidazole rings is 1. The monoisotopic (exact) mass is 269 g/mol. The Morgan fingerprint density at radius 1 is 1.56 bits per heavy atom. The molecule has 2 unspecified atom stereocenters. The van der Waals surface area contributed by atoms with Crippen LogP contribution in [-0.4, -0.2) is 31.8 Å². The van der Waals surface area contributed by atoms with E-state index in [1.54, 1.807) is 6.26 Å². The van der Waals surface area contributed by atoms with Crippen molar-refractivity contribution in [3.8, 4) is 0 Å². The minimum atomic E-state index is -0.772. The molecule has 2 rings (SSSR count). The highest BCUT2D eigenvalue weighted by molar-refractivity contribution is 7.84. The number of nitrogens with one attached hydrogen (secondary N) is 1. The van der Waals surface area contributed by atoms with Crippen molar-refractivity contribution in [1.29, 1.82) is 0 Å². The SMILES string of the molecule is CCCc1nc2c(n1CC(C)S(C)=O)CCNC2. The van der Waals surface area contributed by atoms with Crippen molar-refractivity contribution in [2.24, 2.45) is 0 Å². The van der Waals surface area contributed by atoms with Crippen LogP contribution in [0.4, 0.5) is 0 Å². The van der Waals surface area contributed by atoms with Crippen LogP contribution in [0, 0.1) is 0 Å². The van der Waals surface area contributed by atoms with Gasteiger partial charge in [0.25, 0.3) is 0 Å². The maximum atomic E-state index is 11.6. The van der Waals surface area contributed by atoms with E-state index in [4.69, 9.17) is 4.98 Å². The van der Waals surface area contributed by atoms with Gasteiger partial charge in [-0.2, -0.15) is 0 Å². The lowest BCUT2D eigenvalue weighted by Crippen LogP contribution is -2.27. The summed E-state index contributed by atoms with van der Waals surface area (Å²) < 4.78 is 13.9. The normalized spacial score (nSPS) is 18.4. The standard InChI is InChI=1S/C13H23N3OS/c1-4-5-13-15-11-8-14-7-6-12(11)16(13)9-10(2)18(3)17/h10,14H,4-9H2,1-3H3. The Labute approximate surface area is 112 Å². The molecule has 5 heteroatoms. The molecule has 2 heterocycles. The van der Waals surface area contributed by atoms with Crippen LogP contribution >= 0.6 is 0 Å². The molecule has 0 saturated heterocycles. The third kappa shape index (κ3) is 2.83. The number of aryl methyl sites for hydroxylation is 1. The van der Waals surface area contributed by atoms with E-state index in [0.29, 0.717) is 0 Å². The lowest BCUT2D eigenvalue weighted by atomic mass is 10.2. The lowest BCUT2D eigenvalue weighted by Gasteiger charge is -2.18. The summed E-state index contributed by atoms with van der Waals surface area (Å²) in [7, 11) is -0.772. The van der Waals surface area contributed by atoms with Crippen LogP contribution in [0.3, 0.4) is 0 Å². The Hall–Kier alpha value is -0.680. The molecule has 2 atom stereocenters. The molecule has 102 valence electrons. The Morgan fingerprint density at radius 2 is 2.33 bits per heavy atom. The smallest absolute Gasteiger partial charge is 0.109 e. The van der Waals surface area contributed by atoms with E-state index in [1.807, 2.05) is 0 Å². The third-order valence-electron chi connectivity index (χ3n) is 3.55. The van der Waals surface area contributed by atoms with Gasteiger partial charge in [-0.25, -0.2) is 4.98 Å². The van der Waals surface area contributed by atoms with Crippen molar-refractivity contribution in [2.45, 2.75) is 51.4 Å². The molecule has 0 saturated carbocycles. The van der Waals surface area contributed by atoms with Gasteiger partial charge in [-0.3, -0.25) is 4.21 Å². The second kappa shape index (κ2) is 5.97. The predicted octanol–water partition coefficient (Wildman–Crippen LogP) is 1.25. The highest BCUT2D eigenvalue weighted by Crippen LogP contribution is 2.18. The zero-order valence-corrected chi connectivity index (χ0v) is 12.3. The molecular weight excluding hydrogens is 246 g/mol. The molecule has 0 radical (unpaired) electrons. The van der Waals surface area contributed by atoms with Crippen LogP contribution < -0.4 is 5.32 Å². The molecule has 4 nitrogen and oxygen atoms in total. The number of rotatable bonds is 5. The van der Waals surface area contributed by atoms with Gasteiger partial charge >= 0.3 is 0 Å². The molecule has 1 N–H and O–H groups in total. The highest BCUT2D eigenvalue weighted by atomic mass is 32.2. The maximum absolute atomic E-state index is 11.6. The van der Waals surface area contributed by atoms with Crippen LogP contribution in [0.15, 0.2) is 0 Å². The minimum Gasteiger partial charge on any atom is -0.330 e. The van der Waals surface area contributed by atoms with Crippen molar-refractivity contribution in [3.63, 3.8) is 0 Å². The van der Waals surface area contributed by atoms with E-state index < -0.39 is 10.8 Å². The summed E-state index contributed by atoms with van der Waals surface area (Å²) in [6.45, 7) is 6.97. The van der Waals surface area contributed by atoms with Crippen LogP contribution in [0.2, 0.25) is 0 Å². The fourth-order valence-electron chi connectivity index (χ4n) is 2.42. The molecule has 0 bridgehead atoms. The molecule has 0 amide bonds. The third-order valence-corrected chi connectivity index (χ3v) is 4.83. The Kier molecular flexibility index (Phi) is 4.56. The minimum absolute atomic E-state index is 0.189. The first kappa shape index (κ1) is 13.7. The van der Waals surface area contributed by atoms with Crippen molar-refractivity contribution in [2.75, 3.05) is 12.8 Å². The lowest BCUT2D eigenvalue weighted by molar-refractivity contribution is 0.567. The molecule has 0 spiro atoms. The molecule has 1 aliphatic heterocycles. The summed E-state index contributed by atoms with van der Waals surface area (Å²) in [4.78, 5) is 4.75. The Bertz CT molecular complexity index is 442. The van der Waals surface area contributed by atoms with Crippen molar-refractivity contribution in [3.05, 3.63) is 17.2 Å². The van der Waals surface area contributed by atoms with Gasteiger partial charge in [0.1, 0.15) is 5.82 Å². The number of hydrogen-bond acceptors (Lipinski definition) is 3. The van der Waals surface area contributed by atoms with E-state index in [-0.39, 0.29) is 5.25 Å². The summed E-state index contributed by atoms with van der Waals surface area (Å²) in [5.74, 6) is 1.17. The largest absolute Gasteiger partial charge is 0.330 e. The number of hydrogen-bond donors (Lipinski definition) is 1. The second-order valence-electron chi connectivity index (χ2n) is 5.02. The van der Waals surface area contributed by atoms with Crippen molar-refractivity contribution >= 4 is 10.8 Å². The molecule has 18 heavy (non-hydrogen) atoms. The van der Waals surface area contributed by atoms with Gasteiger partial charge in [-0.05, 0) is 13.3 Å². The first-order chi connectivity index (χ1) is 8.63. The summed E-state index contributed by atoms with van der Waals surface area (Å²) in [5, 5.41) is 3.55. The predicted molar refractivity (Wildman–Crippen MR) is 75.2 cm³/mol. The fraction of sp³-hybridized carbons (Fsp3) is 0.769. The molecule has 0 aromatic carbocycles. The number of aromatic nitrogens is 2. The quantitative estimate of drug-likeness (QED) is 0.875. The molecular formula is C13H23N3OS. The summed E-state index contributed by atoms with van der Waals surface area (Å²) in [6.07, 6.45) is 4.94. The van der Waals surface area contributed by atoms with Crippen LogP contribution in [0.5, 0.6) is 0 Å². The van der Waals surface area contributed by atoms with Crippen molar-refractivity contribution < 1.29 is 4.21 Å². The average Bonchev–Trinajstić information content (AvgIpc) is 2.68. The summed E-state index contributed by atoms with van der Waals surface area (Å²) in [5.41, 5.74) is 2.55. The van der Waals surface area contributed by atoms with E-state index in [0.717, 1.165) is 38.9 Å². The highest BCUT2D eigenvalue weighted by Gasteiger charge is 2.21. The molecule has 0 aliphatic carbocycles. The fourth-order valence-corrected chi connectivity index (χ4v) is 2.78. The molecule has 0 fully saturated rings. The number of nitrogens with zero attached hydrogens (tertiary/aromatic N) is 2. The van der Waals surface area contributed by atoms with E-state index in [2.05, 4.69) is 23.7 Å². The van der Waals surface area contributed by atoms with E-state index in [9.17, 15) is 4.21 Å². The summed E-state index contributed by atoms with van der Waals surface area (Å²) in [6, 6.07) is 0. The molecule has 1 aromatic rings. The van der Waals surface area contributed by atoms with Gasteiger partial charge in [-0.15, -0.1) is 0 Å². The first-order valence-corrected chi connectivity index (χ1v) is 8.35. The molecule has 1 aliphatic rings. The Morgan fingerprint density at radius 3 is 3.00 bits per heavy atom. The van der Waals surface area contributed by atoms with Crippen LogP contribution in [0.25, 0.3) is 0 Å². The van der Waals surface area contributed by atoms with Crippen molar-refractivity contribution in [1.82, 2.24) is 14.9 Å². The summed E-state index contributed by atoms with van der Waals surface area (Å²) >= 11 is 0. The van der Waals surface area contributed by atoms with Gasteiger partial charge < -0.3 is 9.88 Å². The zero-order valence-electron chi connectivity index (χ0n) is 11.5. The van der Waals surface area contributed by atoms with Crippen LogP contribution in [-0.2, 0) is 36.7 Å². The van der Waals surface area contributed by atoms with Gasteiger partial charge in [-0.1, -0.05) is 6.92 Å². The van der Waals surface area contributed by atoms with E-state index in [1.165, 1.54) is 17.2 Å². The Balaban J connectivity index is 2.29. The topological polar surface area (TPSA) is 46.9 Å². The van der Waals surface area contributed by atoms with Gasteiger partial charge in [0.15, 0.2) is 0 Å². The van der Waals surface area contributed by atoms with Gasteiger partial charge in [0.05, 0.1) is 5.69 Å². The second-order valence-corrected chi connectivity index (χ2v) is 6.82. The number of fused-ring (bicyclic) bond motifs is 1. The van der Waals surface area contributed by atoms with Gasteiger partial charge in [0, 0.05) is 60.5 Å².